The van der Waals surface area contributed by atoms with Crippen LogP contribution in [0.4, 0.5) is 0 Å². The fourth-order valence-electron chi connectivity index (χ4n) is 2.64. The maximum absolute atomic E-state index is 9.48. The zero-order valence-electron chi connectivity index (χ0n) is 11.5. The molecule has 1 aliphatic carbocycles. The monoisotopic (exact) mass is 247 g/mol. The van der Waals surface area contributed by atoms with E-state index in [1.807, 2.05) is 6.92 Å². The molecule has 1 fully saturated rings. The fourth-order valence-corrected chi connectivity index (χ4v) is 2.64. The Hall–Kier alpha value is -0.860. The van der Waals surface area contributed by atoms with Crippen molar-refractivity contribution in [3.05, 3.63) is 35.4 Å². The van der Waals surface area contributed by atoms with Gasteiger partial charge in [-0.15, -0.1) is 0 Å². The molecule has 2 N–H and O–H groups in total. The van der Waals surface area contributed by atoms with Gasteiger partial charge < -0.3 is 10.4 Å². The van der Waals surface area contributed by atoms with Gasteiger partial charge in [-0.25, -0.2) is 0 Å². The average Bonchev–Trinajstić information content (AvgIpc) is 2.31. The van der Waals surface area contributed by atoms with Crippen molar-refractivity contribution in [3.63, 3.8) is 0 Å². The van der Waals surface area contributed by atoms with Crippen LogP contribution in [0.2, 0.25) is 0 Å². The molecule has 1 aromatic rings. The number of aliphatic hydroxyl groups excluding tert-OH is 1. The molecule has 1 aromatic carbocycles. The smallest absolute Gasteiger partial charge is 0.0549 e. The van der Waals surface area contributed by atoms with Crippen molar-refractivity contribution in [1.82, 2.24) is 5.32 Å². The van der Waals surface area contributed by atoms with Crippen LogP contribution in [0.5, 0.6) is 0 Å². The molecule has 1 atom stereocenters. The van der Waals surface area contributed by atoms with Crippen LogP contribution in [0.1, 0.15) is 49.7 Å². The van der Waals surface area contributed by atoms with Crippen LogP contribution in [0.3, 0.4) is 0 Å². The van der Waals surface area contributed by atoms with Gasteiger partial charge in [-0.1, -0.05) is 36.8 Å². The molecule has 1 saturated carbocycles. The molecule has 0 aromatic heterocycles. The Balaban J connectivity index is 1.68. The summed E-state index contributed by atoms with van der Waals surface area (Å²) in [5.74, 6) is 0.735. The molecule has 2 nitrogen and oxygen atoms in total. The van der Waals surface area contributed by atoms with Crippen LogP contribution in [-0.4, -0.2) is 23.8 Å². The molecule has 2 rings (SSSR count). The maximum Gasteiger partial charge on any atom is 0.0549 e. The van der Waals surface area contributed by atoms with Crippen LogP contribution in [-0.2, 0) is 0 Å². The summed E-state index contributed by atoms with van der Waals surface area (Å²) in [6, 6.07) is 9.52. The molecule has 18 heavy (non-hydrogen) atoms. The minimum Gasteiger partial charge on any atom is -0.393 e. The fraction of sp³-hybridized carbons (Fsp3) is 0.625. The summed E-state index contributed by atoms with van der Waals surface area (Å²) < 4.78 is 0. The normalized spacial score (nSPS) is 24.6. The third kappa shape index (κ3) is 3.56. The Morgan fingerprint density at radius 2 is 2.17 bits per heavy atom. The van der Waals surface area contributed by atoms with E-state index < -0.39 is 0 Å². The van der Waals surface area contributed by atoms with Crippen molar-refractivity contribution in [1.29, 1.82) is 0 Å². The zero-order valence-corrected chi connectivity index (χ0v) is 11.5. The number of hydrogen-bond donors (Lipinski definition) is 2. The molecule has 0 heterocycles. The number of benzene rings is 1. The average molecular weight is 247 g/mol. The summed E-state index contributed by atoms with van der Waals surface area (Å²) in [6.07, 6.45) is 4.09. The molecule has 100 valence electrons. The molecule has 1 aliphatic rings. The minimum absolute atomic E-state index is 0.134. The highest BCUT2D eigenvalue weighted by Gasteiger charge is 2.29. The van der Waals surface area contributed by atoms with Crippen LogP contribution in [0.15, 0.2) is 24.3 Å². The predicted octanol–water partition coefficient (Wildman–Crippen LogP) is 2.99. The van der Waals surface area contributed by atoms with E-state index in [1.54, 1.807) is 0 Å². The first kappa shape index (κ1) is 13.6. The zero-order chi connectivity index (χ0) is 13.0. The molecule has 0 bridgehead atoms. The Labute approximate surface area is 110 Å². The van der Waals surface area contributed by atoms with Gasteiger partial charge >= 0.3 is 0 Å². The molecular formula is C16H25NO. The number of aliphatic hydroxyl groups is 1. The van der Waals surface area contributed by atoms with Gasteiger partial charge in [0.2, 0.25) is 0 Å². The Morgan fingerprint density at radius 3 is 2.83 bits per heavy atom. The van der Waals surface area contributed by atoms with E-state index in [-0.39, 0.29) is 6.10 Å². The first-order valence-electron chi connectivity index (χ1n) is 7.17. The number of aryl methyl sites for hydroxylation is 1. The summed E-state index contributed by atoms with van der Waals surface area (Å²) in [5, 5.41) is 13.0. The van der Waals surface area contributed by atoms with E-state index in [9.17, 15) is 5.11 Å². The van der Waals surface area contributed by atoms with E-state index in [0.717, 1.165) is 25.3 Å². The lowest BCUT2D eigenvalue weighted by Crippen LogP contribution is -2.41. The molecular weight excluding hydrogens is 222 g/mol. The summed E-state index contributed by atoms with van der Waals surface area (Å²) in [6.45, 7) is 5.13. The third-order valence-corrected chi connectivity index (χ3v) is 4.03. The van der Waals surface area contributed by atoms with E-state index >= 15 is 0 Å². The largest absolute Gasteiger partial charge is 0.393 e. The van der Waals surface area contributed by atoms with Crippen LogP contribution in [0, 0.1) is 6.92 Å². The predicted molar refractivity (Wildman–Crippen MR) is 75.9 cm³/mol. The van der Waals surface area contributed by atoms with Gasteiger partial charge in [-0.2, -0.15) is 0 Å². The third-order valence-electron chi connectivity index (χ3n) is 4.03. The lowest BCUT2D eigenvalue weighted by molar-refractivity contribution is 0.155. The molecule has 1 unspecified atom stereocenters. The summed E-state index contributed by atoms with van der Waals surface area (Å²) >= 11 is 0. The maximum atomic E-state index is 9.48. The Morgan fingerprint density at radius 1 is 1.39 bits per heavy atom. The van der Waals surface area contributed by atoms with Crippen molar-refractivity contribution >= 4 is 0 Å². The van der Waals surface area contributed by atoms with Crippen molar-refractivity contribution in [3.8, 4) is 0 Å². The highest BCUT2D eigenvalue weighted by Crippen LogP contribution is 2.36. The van der Waals surface area contributed by atoms with Gasteiger partial charge in [0.15, 0.2) is 0 Å². The SMILES string of the molecule is CCC(O)CCNC1CC(c2cccc(C)c2)C1. The second kappa shape index (κ2) is 6.35. The molecule has 0 radical (unpaired) electrons. The van der Waals surface area contributed by atoms with E-state index in [0.29, 0.717) is 6.04 Å². The number of rotatable bonds is 6. The van der Waals surface area contributed by atoms with Gasteiger partial charge in [-0.05, 0) is 50.6 Å². The summed E-state index contributed by atoms with van der Waals surface area (Å²) in [7, 11) is 0. The van der Waals surface area contributed by atoms with Crippen LogP contribution < -0.4 is 5.32 Å². The second-order valence-corrected chi connectivity index (χ2v) is 5.58. The van der Waals surface area contributed by atoms with Crippen molar-refractivity contribution in [2.75, 3.05) is 6.54 Å². The molecule has 2 heteroatoms. The topological polar surface area (TPSA) is 32.3 Å². The Kier molecular flexibility index (Phi) is 4.79. The van der Waals surface area contributed by atoms with Gasteiger partial charge in [0.05, 0.1) is 6.10 Å². The van der Waals surface area contributed by atoms with E-state index in [4.69, 9.17) is 0 Å². The van der Waals surface area contributed by atoms with E-state index in [1.165, 1.54) is 24.0 Å². The van der Waals surface area contributed by atoms with Crippen LogP contribution >= 0.6 is 0 Å². The lowest BCUT2D eigenvalue weighted by Gasteiger charge is -2.36. The van der Waals surface area contributed by atoms with E-state index in [2.05, 4.69) is 36.5 Å². The van der Waals surface area contributed by atoms with Gasteiger partial charge in [0.1, 0.15) is 0 Å². The number of hydrogen-bond acceptors (Lipinski definition) is 2. The van der Waals surface area contributed by atoms with Crippen molar-refractivity contribution in [2.24, 2.45) is 0 Å². The van der Waals surface area contributed by atoms with Gasteiger partial charge in [0, 0.05) is 6.04 Å². The lowest BCUT2D eigenvalue weighted by atomic mass is 9.75. The highest BCUT2D eigenvalue weighted by atomic mass is 16.3. The van der Waals surface area contributed by atoms with Crippen molar-refractivity contribution in [2.45, 2.75) is 57.6 Å². The standard InChI is InChI=1S/C16H25NO/c1-3-16(18)7-8-17-15-10-14(11-15)13-6-4-5-12(2)9-13/h4-6,9,14-18H,3,7-8,10-11H2,1-2H3. The van der Waals surface area contributed by atoms with Crippen LogP contribution in [0.25, 0.3) is 0 Å². The minimum atomic E-state index is -0.134. The quantitative estimate of drug-likeness (QED) is 0.810. The number of nitrogens with one attached hydrogen (secondary N) is 1. The summed E-state index contributed by atoms with van der Waals surface area (Å²) in [4.78, 5) is 0. The van der Waals surface area contributed by atoms with Gasteiger partial charge in [-0.3, -0.25) is 0 Å². The molecule has 0 amide bonds. The molecule has 0 aliphatic heterocycles. The summed E-state index contributed by atoms with van der Waals surface area (Å²) in [5.41, 5.74) is 2.84. The first-order valence-corrected chi connectivity index (χ1v) is 7.17. The highest BCUT2D eigenvalue weighted by molar-refractivity contribution is 5.27. The van der Waals surface area contributed by atoms with Gasteiger partial charge in [0.25, 0.3) is 0 Å². The first-order chi connectivity index (χ1) is 8.69. The second-order valence-electron chi connectivity index (χ2n) is 5.58. The molecule has 0 saturated heterocycles. The van der Waals surface area contributed by atoms with Crippen molar-refractivity contribution < 1.29 is 5.11 Å². The Bertz CT molecular complexity index is 371. The molecule has 0 spiro atoms.